The van der Waals surface area contributed by atoms with Crippen LogP contribution in [-0.4, -0.2) is 0 Å². The summed E-state index contributed by atoms with van der Waals surface area (Å²) in [5.41, 5.74) is 1.28. The number of alkyl halides is 1. The highest BCUT2D eigenvalue weighted by atomic mass is 35.5. The zero-order chi connectivity index (χ0) is 15.4. The van der Waals surface area contributed by atoms with E-state index in [0.717, 1.165) is 0 Å². The van der Waals surface area contributed by atoms with Crippen molar-refractivity contribution >= 4 is 34.8 Å². The van der Waals surface area contributed by atoms with Gasteiger partial charge in [0.1, 0.15) is 24.2 Å². The SMILES string of the molecule is N#Cc1cc(COc2c(Cl)cc(Cl)cc2CCl)ccc1F. The van der Waals surface area contributed by atoms with Crippen LogP contribution >= 0.6 is 34.8 Å². The Labute approximate surface area is 136 Å². The van der Waals surface area contributed by atoms with Gasteiger partial charge in [0.25, 0.3) is 0 Å². The van der Waals surface area contributed by atoms with Crippen LogP contribution in [0.15, 0.2) is 30.3 Å². The fraction of sp³-hybridized carbons (Fsp3) is 0.133. The molecule has 0 heterocycles. The van der Waals surface area contributed by atoms with Gasteiger partial charge in [0.2, 0.25) is 0 Å². The van der Waals surface area contributed by atoms with Crippen molar-refractivity contribution in [3.05, 3.63) is 62.9 Å². The minimum Gasteiger partial charge on any atom is -0.487 e. The maximum Gasteiger partial charge on any atom is 0.142 e. The average molecular weight is 345 g/mol. The minimum absolute atomic E-state index is 0.0316. The summed E-state index contributed by atoms with van der Waals surface area (Å²) in [6.45, 7) is 0.139. The second-order valence-electron chi connectivity index (χ2n) is 4.22. The summed E-state index contributed by atoms with van der Waals surface area (Å²) >= 11 is 17.8. The van der Waals surface area contributed by atoms with E-state index in [2.05, 4.69) is 0 Å². The summed E-state index contributed by atoms with van der Waals surface area (Å²) in [7, 11) is 0. The lowest BCUT2D eigenvalue weighted by molar-refractivity contribution is 0.304. The Hall–Kier alpha value is -1.47. The lowest BCUT2D eigenvalue weighted by Gasteiger charge is -2.12. The maximum atomic E-state index is 13.2. The summed E-state index contributed by atoms with van der Waals surface area (Å²) in [6, 6.07) is 9.20. The molecular weight excluding hydrogens is 336 g/mol. The molecular formula is C15H9Cl3FNO. The standard InChI is InChI=1S/C15H9Cl3FNO/c16-6-10-4-12(17)5-13(18)15(10)21-8-9-1-2-14(19)11(3-9)7-20/h1-5H,6,8H2. The molecule has 0 aliphatic carbocycles. The quantitative estimate of drug-likeness (QED) is 0.703. The lowest BCUT2D eigenvalue weighted by atomic mass is 10.1. The van der Waals surface area contributed by atoms with E-state index in [1.807, 2.05) is 0 Å². The third-order valence-corrected chi connectivity index (χ3v) is 3.55. The van der Waals surface area contributed by atoms with E-state index < -0.39 is 5.82 Å². The third-order valence-electron chi connectivity index (χ3n) is 2.76. The van der Waals surface area contributed by atoms with Crippen LogP contribution in [0.25, 0.3) is 0 Å². The van der Waals surface area contributed by atoms with Crippen LogP contribution in [0.5, 0.6) is 5.75 Å². The summed E-state index contributed by atoms with van der Waals surface area (Å²) in [5.74, 6) is 0.0637. The van der Waals surface area contributed by atoms with Crippen molar-refractivity contribution in [1.29, 1.82) is 5.26 Å². The van der Waals surface area contributed by atoms with Gasteiger partial charge in [-0.3, -0.25) is 0 Å². The van der Waals surface area contributed by atoms with Crippen LogP contribution in [0.3, 0.4) is 0 Å². The second-order valence-corrected chi connectivity index (χ2v) is 5.34. The zero-order valence-corrected chi connectivity index (χ0v) is 12.9. The molecule has 0 saturated carbocycles. The smallest absolute Gasteiger partial charge is 0.142 e. The van der Waals surface area contributed by atoms with Crippen LogP contribution in [0, 0.1) is 17.1 Å². The fourth-order valence-electron chi connectivity index (χ4n) is 1.78. The molecule has 0 fully saturated rings. The average Bonchev–Trinajstić information content (AvgIpc) is 2.47. The van der Waals surface area contributed by atoms with Crippen LogP contribution in [0.2, 0.25) is 10.0 Å². The van der Waals surface area contributed by atoms with E-state index in [4.69, 9.17) is 44.8 Å². The molecule has 2 aromatic rings. The number of hydrogen-bond acceptors (Lipinski definition) is 2. The van der Waals surface area contributed by atoms with E-state index in [9.17, 15) is 4.39 Å². The minimum atomic E-state index is -0.563. The van der Waals surface area contributed by atoms with Gasteiger partial charge >= 0.3 is 0 Å². The van der Waals surface area contributed by atoms with Gasteiger partial charge in [0.15, 0.2) is 0 Å². The number of halogens is 4. The zero-order valence-electron chi connectivity index (χ0n) is 10.7. The van der Waals surface area contributed by atoms with Crippen LogP contribution in [0.4, 0.5) is 4.39 Å². The topological polar surface area (TPSA) is 33.0 Å². The van der Waals surface area contributed by atoms with Gasteiger partial charge in [-0.15, -0.1) is 11.6 Å². The van der Waals surface area contributed by atoms with Crippen LogP contribution in [-0.2, 0) is 12.5 Å². The molecule has 0 aliphatic heterocycles. The Morgan fingerprint density at radius 2 is 1.95 bits per heavy atom. The Morgan fingerprint density at radius 1 is 1.19 bits per heavy atom. The van der Waals surface area contributed by atoms with Gasteiger partial charge in [-0.2, -0.15) is 5.26 Å². The largest absolute Gasteiger partial charge is 0.487 e. The molecule has 21 heavy (non-hydrogen) atoms. The summed E-state index contributed by atoms with van der Waals surface area (Å²) in [4.78, 5) is 0. The fourth-order valence-corrected chi connectivity index (χ4v) is 2.57. The summed E-state index contributed by atoms with van der Waals surface area (Å²) in [5, 5.41) is 9.62. The molecule has 6 heteroatoms. The highest BCUT2D eigenvalue weighted by Gasteiger charge is 2.11. The second kappa shape index (κ2) is 7.00. The predicted octanol–water partition coefficient (Wildman–Crippen LogP) is 5.32. The number of rotatable bonds is 4. The number of benzene rings is 2. The molecule has 0 aliphatic rings. The Kier molecular flexibility index (Phi) is 5.30. The molecule has 0 N–H and O–H groups in total. The number of nitriles is 1. The molecule has 2 nitrogen and oxygen atoms in total. The van der Waals surface area contributed by atoms with Crippen molar-refractivity contribution in [3.63, 3.8) is 0 Å². The molecule has 0 bridgehead atoms. The van der Waals surface area contributed by atoms with Crippen molar-refractivity contribution in [1.82, 2.24) is 0 Å². The molecule has 2 rings (SSSR count). The van der Waals surface area contributed by atoms with Crippen LogP contribution < -0.4 is 4.74 Å². The molecule has 0 unspecified atom stereocenters. The Morgan fingerprint density at radius 3 is 2.62 bits per heavy atom. The van der Waals surface area contributed by atoms with Crippen molar-refractivity contribution < 1.29 is 9.13 Å². The van der Waals surface area contributed by atoms with Gasteiger partial charge in [-0.05, 0) is 29.8 Å². The number of hydrogen-bond donors (Lipinski definition) is 0. The molecule has 0 radical (unpaired) electrons. The van der Waals surface area contributed by atoms with E-state index in [1.165, 1.54) is 12.1 Å². The molecule has 0 aromatic heterocycles. The first-order chi connectivity index (χ1) is 10.0. The highest BCUT2D eigenvalue weighted by molar-refractivity contribution is 6.36. The summed E-state index contributed by atoms with van der Waals surface area (Å²) < 4.78 is 18.9. The third kappa shape index (κ3) is 3.79. The van der Waals surface area contributed by atoms with E-state index >= 15 is 0 Å². The van der Waals surface area contributed by atoms with E-state index in [1.54, 1.807) is 24.3 Å². The molecule has 0 saturated heterocycles. The first kappa shape index (κ1) is 15.9. The Balaban J connectivity index is 2.23. The van der Waals surface area contributed by atoms with Crippen molar-refractivity contribution in [3.8, 4) is 11.8 Å². The van der Waals surface area contributed by atoms with Crippen molar-refractivity contribution in [2.75, 3.05) is 0 Å². The molecule has 108 valence electrons. The van der Waals surface area contributed by atoms with Crippen molar-refractivity contribution in [2.45, 2.75) is 12.5 Å². The maximum absolute atomic E-state index is 13.2. The van der Waals surface area contributed by atoms with Gasteiger partial charge in [0.05, 0.1) is 16.5 Å². The molecule has 0 atom stereocenters. The number of nitrogens with zero attached hydrogens (tertiary/aromatic N) is 1. The molecule has 2 aromatic carbocycles. The van der Waals surface area contributed by atoms with Gasteiger partial charge < -0.3 is 4.74 Å². The van der Waals surface area contributed by atoms with E-state index in [-0.39, 0.29) is 18.1 Å². The van der Waals surface area contributed by atoms with Crippen LogP contribution in [0.1, 0.15) is 16.7 Å². The van der Waals surface area contributed by atoms with Gasteiger partial charge in [-0.1, -0.05) is 29.3 Å². The highest BCUT2D eigenvalue weighted by Crippen LogP contribution is 2.34. The first-order valence-electron chi connectivity index (χ1n) is 5.90. The monoisotopic (exact) mass is 343 g/mol. The van der Waals surface area contributed by atoms with Gasteiger partial charge in [-0.25, -0.2) is 4.39 Å². The molecule has 0 spiro atoms. The molecule has 0 amide bonds. The summed E-state index contributed by atoms with van der Waals surface area (Å²) in [6.07, 6.45) is 0. The first-order valence-corrected chi connectivity index (χ1v) is 7.19. The number of ether oxygens (including phenoxy) is 1. The predicted molar refractivity (Wildman–Crippen MR) is 81.5 cm³/mol. The van der Waals surface area contributed by atoms with Crippen molar-refractivity contribution in [2.24, 2.45) is 0 Å². The van der Waals surface area contributed by atoms with E-state index in [0.29, 0.717) is 26.9 Å². The normalized spacial score (nSPS) is 10.2. The Bertz CT molecular complexity index is 713. The van der Waals surface area contributed by atoms with Gasteiger partial charge in [0, 0.05) is 10.6 Å². The lowest BCUT2D eigenvalue weighted by Crippen LogP contribution is -2.00.